The van der Waals surface area contributed by atoms with Gasteiger partial charge in [0.05, 0.1) is 6.10 Å². The lowest BCUT2D eigenvalue weighted by atomic mass is 9.90. The van der Waals surface area contributed by atoms with Crippen LogP contribution in [0.1, 0.15) is 48.9 Å². The van der Waals surface area contributed by atoms with Crippen LogP contribution in [0.3, 0.4) is 0 Å². The zero-order chi connectivity index (χ0) is 13.8. The Bertz CT molecular complexity index is 407. The molecule has 1 aliphatic heterocycles. The van der Waals surface area contributed by atoms with Gasteiger partial charge in [-0.1, -0.05) is 13.8 Å². The number of thiophene rings is 1. The molecule has 0 aromatic carbocycles. The summed E-state index contributed by atoms with van der Waals surface area (Å²) in [5.74, 6) is 0.603. The first-order valence-corrected chi connectivity index (χ1v) is 8.89. The fraction of sp³-hybridized carbons (Fsp3) is 0.733. The molecule has 0 radical (unpaired) electrons. The molecular weight excluding hydrogens is 322 g/mol. The molecule has 0 aliphatic carbocycles. The Morgan fingerprint density at radius 2 is 2.32 bits per heavy atom. The number of hydrogen-bond donors (Lipinski definition) is 1. The smallest absolute Gasteiger partial charge is 0.0620 e. The standard InChI is InChI=1S/C15H24BrNOS/c1-4-7-17-14(11-6-8-18-13(11)5-2)15-12(16)9-10(3)19-15/h9,11,13-14,17H,4-8H2,1-3H3. The van der Waals surface area contributed by atoms with Crippen molar-refractivity contribution in [1.29, 1.82) is 0 Å². The minimum absolute atomic E-state index is 0.406. The summed E-state index contributed by atoms with van der Waals surface area (Å²) in [7, 11) is 0. The van der Waals surface area contributed by atoms with Crippen molar-refractivity contribution in [3.63, 3.8) is 0 Å². The van der Waals surface area contributed by atoms with Crippen LogP contribution in [0.4, 0.5) is 0 Å². The molecule has 0 saturated carbocycles. The van der Waals surface area contributed by atoms with E-state index in [9.17, 15) is 0 Å². The van der Waals surface area contributed by atoms with E-state index in [2.05, 4.69) is 48.1 Å². The maximum atomic E-state index is 5.89. The van der Waals surface area contributed by atoms with E-state index in [0.717, 1.165) is 19.6 Å². The highest BCUT2D eigenvalue weighted by molar-refractivity contribution is 9.10. The molecule has 0 bridgehead atoms. The third-order valence-corrected chi connectivity index (χ3v) is 5.88. The lowest BCUT2D eigenvalue weighted by Gasteiger charge is -2.28. The molecule has 0 amide bonds. The van der Waals surface area contributed by atoms with Gasteiger partial charge in [-0.3, -0.25) is 0 Å². The second-order valence-corrected chi connectivity index (χ2v) is 7.41. The average molecular weight is 346 g/mol. The lowest BCUT2D eigenvalue weighted by Crippen LogP contribution is -2.33. The number of hydrogen-bond acceptors (Lipinski definition) is 3. The van der Waals surface area contributed by atoms with Gasteiger partial charge in [0.1, 0.15) is 0 Å². The maximum absolute atomic E-state index is 5.89. The third kappa shape index (κ3) is 3.60. The Hall–Kier alpha value is 0.1000. The zero-order valence-electron chi connectivity index (χ0n) is 12.0. The van der Waals surface area contributed by atoms with Gasteiger partial charge < -0.3 is 10.1 Å². The van der Waals surface area contributed by atoms with Gasteiger partial charge >= 0.3 is 0 Å². The van der Waals surface area contributed by atoms with Crippen molar-refractivity contribution in [1.82, 2.24) is 5.32 Å². The molecule has 3 atom stereocenters. The van der Waals surface area contributed by atoms with Crippen molar-refractivity contribution in [3.05, 3.63) is 20.3 Å². The quantitative estimate of drug-likeness (QED) is 0.808. The van der Waals surface area contributed by atoms with Crippen LogP contribution < -0.4 is 5.32 Å². The van der Waals surface area contributed by atoms with E-state index in [4.69, 9.17) is 4.74 Å². The number of aryl methyl sites for hydroxylation is 1. The summed E-state index contributed by atoms with van der Waals surface area (Å²) >= 11 is 5.64. The summed E-state index contributed by atoms with van der Waals surface area (Å²) in [5.41, 5.74) is 0. The highest BCUT2D eigenvalue weighted by Crippen LogP contribution is 2.41. The van der Waals surface area contributed by atoms with Gasteiger partial charge in [0.25, 0.3) is 0 Å². The highest BCUT2D eigenvalue weighted by Gasteiger charge is 2.35. The zero-order valence-corrected chi connectivity index (χ0v) is 14.4. The van der Waals surface area contributed by atoms with E-state index in [1.165, 1.54) is 27.1 Å². The van der Waals surface area contributed by atoms with Crippen LogP contribution in [0.2, 0.25) is 0 Å². The first-order chi connectivity index (χ1) is 9.17. The van der Waals surface area contributed by atoms with Gasteiger partial charge in [0.15, 0.2) is 0 Å². The van der Waals surface area contributed by atoms with Crippen LogP contribution in [-0.4, -0.2) is 19.3 Å². The Morgan fingerprint density at radius 3 is 2.89 bits per heavy atom. The van der Waals surface area contributed by atoms with Gasteiger partial charge in [-0.2, -0.15) is 0 Å². The molecule has 1 saturated heterocycles. The molecule has 3 unspecified atom stereocenters. The number of nitrogens with one attached hydrogen (secondary N) is 1. The number of ether oxygens (including phenoxy) is 1. The van der Waals surface area contributed by atoms with Gasteiger partial charge in [0.2, 0.25) is 0 Å². The van der Waals surface area contributed by atoms with Gasteiger partial charge in [-0.15, -0.1) is 11.3 Å². The Balaban J connectivity index is 2.22. The fourth-order valence-corrected chi connectivity index (χ4v) is 4.97. The third-order valence-electron chi connectivity index (χ3n) is 3.82. The van der Waals surface area contributed by atoms with Crippen molar-refractivity contribution in [2.45, 2.75) is 52.2 Å². The molecule has 4 heteroatoms. The number of halogens is 1. The molecule has 1 aromatic heterocycles. The summed E-state index contributed by atoms with van der Waals surface area (Å²) in [5, 5.41) is 3.75. The van der Waals surface area contributed by atoms with E-state index in [1.807, 2.05) is 11.3 Å². The van der Waals surface area contributed by atoms with E-state index in [1.54, 1.807) is 0 Å². The van der Waals surface area contributed by atoms with Crippen LogP contribution in [0, 0.1) is 12.8 Å². The average Bonchev–Trinajstić information content (AvgIpc) is 2.97. The molecular formula is C15H24BrNOS. The summed E-state index contributed by atoms with van der Waals surface area (Å²) in [6.45, 7) is 8.62. The van der Waals surface area contributed by atoms with E-state index >= 15 is 0 Å². The summed E-state index contributed by atoms with van der Waals surface area (Å²) in [4.78, 5) is 2.82. The molecule has 1 fully saturated rings. The van der Waals surface area contributed by atoms with E-state index < -0.39 is 0 Å². The van der Waals surface area contributed by atoms with Gasteiger partial charge in [0, 0.05) is 32.8 Å². The predicted octanol–water partition coefficient (Wildman–Crippen LogP) is 4.67. The van der Waals surface area contributed by atoms with Crippen molar-refractivity contribution >= 4 is 27.3 Å². The Kier molecular flexibility index (Phi) is 5.87. The van der Waals surface area contributed by atoms with Crippen LogP contribution in [0.25, 0.3) is 0 Å². The lowest BCUT2D eigenvalue weighted by molar-refractivity contribution is 0.0777. The largest absolute Gasteiger partial charge is 0.378 e. The van der Waals surface area contributed by atoms with Crippen LogP contribution in [0.15, 0.2) is 10.5 Å². The monoisotopic (exact) mass is 345 g/mol. The first kappa shape index (κ1) is 15.5. The molecule has 0 spiro atoms. The van der Waals surface area contributed by atoms with Crippen LogP contribution in [-0.2, 0) is 4.74 Å². The van der Waals surface area contributed by atoms with Crippen LogP contribution >= 0.6 is 27.3 Å². The Morgan fingerprint density at radius 1 is 1.53 bits per heavy atom. The summed E-state index contributed by atoms with van der Waals surface area (Å²) in [6.07, 6.45) is 3.85. The van der Waals surface area contributed by atoms with Crippen LogP contribution in [0.5, 0.6) is 0 Å². The molecule has 2 heterocycles. The van der Waals surface area contributed by atoms with Crippen molar-refractivity contribution in [2.75, 3.05) is 13.2 Å². The predicted molar refractivity (Wildman–Crippen MR) is 85.9 cm³/mol. The van der Waals surface area contributed by atoms with Crippen molar-refractivity contribution in [2.24, 2.45) is 5.92 Å². The van der Waals surface area contributed by atoms with Crippen molar-refractivity contribution in [3.8, 4) is 0 Å². The normalized spacial score (nSPS) is 24.8. The number of rotatable bonds is 6. The van der Waals surface area contributed by atoms with Gasteiger partial charge in [-0.05, 0) is 54.7 Å². The van der Waals surface area contributed by atoms with E-state index in [-0.39, 0.29) is 0 Å². The molecule has 1 N–H and O–H groups in total. The van der Waals surface area contributed by atoms with Gasteiger partial charge in [-0.25, -0.2) is 0 Å². The van der Waals surface area contributed by atoms with E-state index in [0.29, 0.717) is 18.1 Å². The maximum Gasteiger partial charge on any atom is 0.0620 e. The molecule has 108 valence electrons. The summed E-state index contributed by atoms with van der Waals surface area (Å²) in [6, 6.07) is 2.66. The highest BCUT2D eigenvalue weighted by atomic mass is 79.9. The second-order valence-electron chi connectivity index (χ2n) is 5.27. The minimum atomic E-state index is 0.406. The minimum Gasteiger partial charge on any atom is -0.378 e. The summed E-state index contributed by atoms with van der Waals surface area (Å²) < 4.78 is 7.15. The fourth-order valence-electron chi connectivity index (χ4n) is 2.92. The first-order valence-electron chi connectivity index (χ1n) is 7.28. The molecule has 1 aliphatic rings. The molecule has 2 nitrogen and oxygen atoms in total. The molecule has 2 rings (SSSR count). The topological polar surface area (TPSA) is 21.3 Å². The SMILES string of the molecule is CCCNC(c1sc(C)cc1Br)C1CCOC1CC. The van der Waals surface area contributed by atoms with Crippen molar-refractivity contribution < 1.29 is 4.74 Å². The molecule has 19 heavy (non-hydrogen) atoms. The Labute approximate surface area is 129 Å². The molecule has 1 aromatic rings. The second kappa shape index (κ2) is 7.21.